The summed E-state index contributed by atoms with van der Waals surface area (Å²) in [5, 5.41) is 11.7. The molecule has 0 spiro atoms. The zero-order valence-electron chi connectivity index (χ0n) is 45.7. The zero-order chi connectivity index (χ0) is 50.6. The number of carboxylic acids is 1. The molecule has 0 bridgehead atoms. The molecule has 0 saturated carbocycles. The quantitative estimate of drug-likeness (QED) is 0.0259. The molecule has 8 nitrogen and oxygen atoms in total. The minimum absolute atomic E-state index is 0.0348. The van der Waals surface area contributed by atoms with Gasteiger partial charge in [0, 0.05) is 19.3 Å². The number of unbranched alkanes of at least 4 members (excludes halogenated alkanes) is 28. The van der Waals surface area contributed by atoms with Gasteiger partial charge in [-0.2, -0.15) is 0 Å². The van der Waals surface area contributed by atoms with Crippen LogP contribution in [0.25, 0.3) is 0 Å². The summed E-state index contributed by atoms with van der Waals surface area (Å²) in [6.07, 6.45) is 65.4. The lowest BCUT2D eigenvalue weighted by Gasteiger charge is -2.34. The average Bonchev–Trinajstić information content (AvgIpc) is 3.31. The van der Waals surface area contributed by atoms with Gasteiger partial charge in [-0.1, -0.05) is 216 Å². The van der Waals surface area contributed by atoms with Gasteiger partial charge in [0.15, 0.2) is 6.10 Å². The Hall–Kier alpha value is -2.97. The van der Waals surface area contributed by atoms with Crippen molar-refractivity contribution in [2.75, 3.05) is 41.0 Å². The molecule has 0 aromatic rings. The van der Waals surface area contributed by atoms with Gasteiger partial charge in [0.1, 0.15) is 12.6 Å². The molecule has 0 fully saturated rings. The summed E-state index contributed by atoms with van der Waals surface area (Å²) < 4.78 is 17.3. The Balaban J connectivity index is 4.21. The van der Waals surface area contributed by atoms with Crippen LogP contribution in [0.15, 0.2) is 60.8 Å². The van der Waals surface area contributed by atoms with Crippen LogP contribution in [-0.4, -0.2) is 75.5 Å². The van der Waals surface area contributed by atoms with Gasteiger partial charge in [-0.05, 0) is 83.5 Å². The third-order valence-corrected chi connectivity index (χ3v) is 12.9. The molecule has 2 atom stereocenters. The molecule has 0 radical (unpaired) electrons. The van der Waals surface area contributed by atoms with E-state index in [-0.39, 0.29) is 42.7 Å². The summed E-state index contributed by atoms with van der Waals surface area (Å²) in [5.41, 5.74) is 0. The van der Waals surface area contributed by atoms with E-state index in [2.05, 4.69) is 74.6 Å². The fourth-order valence-electron chi connectivity index (χ4n) is 8.40. The Morgan fingerprint density at radius 2 is 0.768 bits per heavy atom. The lowest BCUT2D eigenvalue weighted by molar-refractivity contribution is -0.889. The second kappa shape index (κ2) is 51.4. The third-order valence-electron chi connectivity index (χ3n) is 12.9. The first-order chi connectivity index (χ1) is 33.6. The number of quaternary nitrogens is 1. The van der Waals surface area contributed by atoms with Crippen LogP contribution in [-0.2, 0) is 28.6 Å². The highest BCUT2D eigenvalue weighted by Crippen LogP contribution is 2.15. The molecule has 0 aromatic carbocycles. The molecule has 0 aliphatic rings. The van der Waals surface area contributed by atoms with E-state index in [9.17, 15) is 19.5 Å². The number of rotatable bonds is 52. The van der Waals surface area contributed by atoms with Gasteiger partial charge < -0.3 is 28.6 Å². The molecule has 69 heavy (non-hydrogen) atoms. The average molecular weight is 969 g/mol. The molecule has 8 heteroatoms. The van der Waals surface area contributed by atoms with Crippen LogP contribution in [0.2, 0.25) is 0 Å². The maximum atomic E-state index is 12.8. The first-order valence-corrected chi connectivity index (χ1v) is 28.8. The van der Waals surface area contributed by atoms with E-state index >= 15 is 0 Å². The number of allylic oxidation sites excluding steroid dienone is 10. The van der Waals surface area contributed by atoms with Crippen molar-refractivity contribution < 1.29 is 38.2 Å². The zero-order valence-corrected chi connectivity index (χ0v) is 45.7. The molecule has 0 amide bonds. The number of ether oxygens (including phenoxy) is 3. The Kier molecular flexibility index (Phi) is 49.2. The number of carbonyl (C=O) groups excluding carboxylic acids is 3. The monoisotopic (exact) mass is 968 g/mol. The SMILES string of the molecule is CCCCC/C=C/C/C=C/C/C=C/CCCCCCCCCCCC(=O)OCC(COCCC(C(=O)[O-])[N+](C)(C)C)OC(=O)CCCCCCCCC/C=C/C/C=C/CCCCCCCCCCC. The number of hydrogen-bond donors (Lipinski definition) is 0. The molecular formula is C61H109NO7. The highest BCUT2D eigenvalue weighted by atomic mass is 16.6. The molecule has 0 N–H and O–H groups in total. The summed E-state index contributed by atoms with van der Waals surface area (Å²) in [6, 6.07) is -0.731. The number of carbonyl (C=O) groups is 3. The van der Waals surface area contributed by atoms with Crippen LogP contribution in [0.5, 0.6) is 0 Å². The van der Waals surface area contributed by atoms with Crippen molar-refractivity contribution in [3.63, 3.8) is 0 Å². The van der Waals surface area contributed by atoms with E-state index in [0.717, 1.165) is 70.6 Å². The van der Waals surface area contributed by atoms with Crippen molar-refractivity contribution in [3.05, 3.63) is 60.8 Å². The van der Waals surface area contributed by atoms with E-state index < -0.39 is 18.1 Å². The maximum Gasteiger partial charge on any atom is 0.306 e. The third kappa shape index (κ3) is 49.8. The molecule has 0 aromatic heterocycles. The summed E-state index contributed by atoms with van der Waals surface area (Å²) in [4.78, 5) is 37.2. The summed E-state index contributed by atoms with van der Waals surface area (Å²) in [7, 11) is 5.42. The van der Waals surface area contributed by atoms with Gasteiger partial charge in [-0.25, -0.2) is 0 Å². The molecule has 0 aliphatic heterocycles. The van der Waals surface area contributed by atoms with E-state index in [1.165, 1.54) is 154 Å². The number of esters is 2. The first kappa shape index (κ1) is 66.0. The van der Waals surface area contributed by atoms with Crippen molar-refractivity contribution in [1.29, 1.82) is 0 Å². The number of hydrogen-bond acceptors (Lipinski definition) is 7. The van der Waals surface area contributed by atoms with E-state index in [1.54, 1.807) is 21.1 Å². The summed E-state index contributed by atoms with van der Waals surface area (Å²) in [5.74, 6) is -1.74. The number of likely N-dealkylation sites (N-methyl/N-ethyl adjacent to an activating group) is 1. The Bertz CT molecular complexity index is 1310. The minimum Gasteiger partial charge on any atom is -0.544 e. The largest absolute Gasteiger partial charge is 0.544 e. The fraction of sp³-hybridized carbons (Fsp3) is 0.787. The van der Waals surface area contributed by atoms with Crippen molar-refractivity contribution in [2.24, 2.45) is 0 Å². The van der Waals surface area contributed by atoms with Crippen molar-refractivity contribution in [3.8, 4) is 0 Å². The molecular weight excluding hydrogens is 859 g/mol. The van der Waals surface area contributed by atoms with Gasteiger partial charge >= 0.3 is 11.9 Å². The van der Waals surface area contributed by atoms with Gasteiger partial charge in [0.05, 0.1) is 40.3 Å². The van der Waals surface area contributed by atoms with E-state index in [0.29, 0.717) is 12.8 Å². The Morgan fingerprint density at radius 1 is 0.435 bits per heavy atom. The topological polar surface area (TPSA) is 102 Å². The van der Waals surface area contributed by atoms with Crippen molar-refractivity contribution >= 4 is 17.9 Å². The number of aliphatic carboxylic acids is 1. The Morgan fingerprint density at radius 3 is 1.16 bits per heavy atom. The smallest absolute Gasteiger partial charge is 0.306 e. The highest BCUT2D eigenvalue weighted by Gasteiger charge is 2.25. The molecule has 0 saturated heterocycles. The van der Waals surface area contributed by atoms with Gasteiger partial charge in [0.25, 0.3) is 0 Å². The molecule has 0 heterocycles. The molecule has 2 unspecified atom stereocenters. The van der Waals surface area contributed by atoms with Gasteiger partial charge in [0.2, 0.25) is 0 Å². The van der Waals surface area contributed by atoms with Crippen LogP contribution in [0, 0.1) is 0 Å². The standard InChI is InChI=1S/C61H109NO7/c1-6-8-10-12-14-16-18-20-22-24-26-28-30-32-34-36-38-40-42-44-46-48-50-52-60(64)69-57(55-67-54-53-58(61(65)66)62(3,4)5)56-68-59(63)51-49-47-45-43-41-39-37-35-33-31-29-27-25-23-21-19-17-15-13-11-9-7-2/h15,17,21,23,26-29,32,34,57-58H,6-14,16,18-20,22,24-25,30-31,33,35-56H2,1-5H3/b17-15+,23-21+,28-26+,29-27+,34-32+. The maximum absolute atomic E-state index is 12.8. The van der Waals surface area contributed by atoms with Crippen molar-refractivity contribution in [2.45, 2.75) is 270 Å². The molecule has 0 aliphatic carbocycles. The van der Waals surface area contributed by atoms with Crippen LogP contribution in [0.1, 0.15) is 258 Å². The lowest BCUT2D eigenvalue weighted by Crippen LogP contribution is -2.55. The fourth-order valence-corrected chi connectivity index (χ4v) is 8.40. The first-order valence-electron chi connectivity index (χ1n) is 28.8. The summed E-state index contributed by atoms with van der Waals surface area (Å²) >= 11 is 0. The number of carboxylic acid groups (broad SMARTS) is 1. The highest BCUT2D eigenvalue weighted by molar-refractivity contribution is 5.70. The predicted octanol–water partition coefficient (Wildman–Crippen LogP) is 15.9. The molecule has 0 rings (SSSR count). The number of nitrogens with zero attached hydrogens (tertiary/aromatic N) is 1. The van der Waals surface area contributed by atoms with E-state index in [1.807, 2.05) is 0 Å². The Labute approximate surface area is 426 Å². The van der Waals surface area contributed by atoms with Crippen molar-refractivity contribution in [1.82, 2.24) is 0 Å². The van der Waals surface area contributed by atoms with Crippen LogP contribution in [0.3, 0.4) is 0 Å². The second-order valence-electron chi connectivity index (χ2n) is 20.5. The predicted molar refractivity (Wildman–Crippen MR) is 291 cm³/mol. The van der Waals surface area contributed by atoms with Crippen LogP contribution < -0.4 is 5.11 Å². The van der Waals surface area contributed by atoms with Crippen LogP contribution >= 0.6 is 0 Å². The van der Waals surface area contributed by atoms with Crippen LogP contribution in [0.4, 0.5) is 0 Å². The molecule has 400 valence electrons. The summed E-state index contributed by atoms with van der Waals surface area (Å²) in [6.45, 7) is 4.65. The van der Waals surface area contributed by atoms with Gasteiger partial charge in [-0.3, -0.25) is 9.59 Å². The van der Waals surface area contributed by atoms with Gasteiger partial charge in [-0.15, -0.1) is 0 Å². The minimum atomic E-state index is -1.13. The normalized spacial score (nSPS) is 13.2. The second-order valence-corrected chi connectivity index (χ2v) is 20.5. The van der Waals surface area contributed by atoms with E-state index in [4.69, 9.17) is 14.2 Å². The lowest BCUT2D eigenvalue weighted by atomic mass is 10.1.